The van der Waals surface area contributed by atoms with E-state index in [2.05, 4.69) is 27.4 Å². The highest BCUT2D eigenvalue weighted by molar-refractivity contribution is 6.73. The maximum atomic E-state index is 11.5. The van der Waals surface area contributed by atoms with E-state index < -0.39 is 8.32 Å². The van der Waals surface area contributed by atoms with Crippen molar-refractivity contribution in [2.75, 3.05) is 6.79 Å². The van der Waals surface area contributed by atoms with Gasteiger partial charge in [0.05, 0.1) is 0 Å². The number of carbonyl (C=O) groups is 1. The molecule has 0 unspecified atom stereocenters. The molecule has 0 saturated carbocycles. The molecule has 4 heteroatoms. The molecule has 0 aromatic heterocycles. The topological polar surface area (TPSA) is 35.5 Å². The van der Waals surface area contributed by atoms with Crippen molar-refractivity contribution in [3.63, 3.8) is 0 Å². The Morgan fingerprint density at radius 2 is 1.38 bits per heavy atom. The third kappa shape index (κ3) is 9.09. The first-order valence-corrected chi connectivity index (χ1v) is 11.0. The van der Waals surface area contributed by atoms with Crippen molar-refractivity contribution in [2.45, 2.75) is 84.4 Å². The van der Waals surface area contributed by atoms with E-state index >= 15 is 0 Å². The van der Waals surface area contributed by atoms with E-state index in [-0.39, 0.29) is 12.8 Å². The number of esters is 1. The summed E-state index contributed by atoms with van der Waals surface area (Å²) in [6, 6.07) is 3.57. The molecule has 3 nitrogen and oxygen atoms in total. The predicted molar refractivity (Wildman–Crippen MR) is 91.8 cm³/mol. The van der Waals surface area contributed by atoms with Crippen LogP contribution < -0.4 is 0 Å². The molecule has 0 heterocycles. The standard InChI is InChI=1S/C17H34O3Si/c1-6-9-12-21(13-10-7-2,14-11-8-3)20-15-19-17(18)16(4)5/h4,6-15H2,1-3,5H3. The van der Waals surface area contributed by atoms with Gasteiger partial charge in [-0.05, 0) is 25.1 Å². The van der Waals surface area contributed by atoms with E-state index in [0.29, 0.717) is 5.57 Å². The van der Waals surface area contributed by atoms with Gasteiger partial charge in [0.2, 0.25) is 0 Å². The third-order valence-corrected chi connectivity index (χ3v) is 8.39. The molecule has 0 N–H and O–H groups in total. The van der Waals surface area contributed by atoms with Crippen molar-refractivity contribution >= 4 is 14.3 Å². The van der Waals surface area contributed by atoms with E-state index in [9.17, 15) is 4.79 Å². The molecule has 0 saturated heterocycles. The Morgan fingerprint density at radius 3 is 1.71 bits per heavy atom. The summed E-state index contributed by atoms with van der Waals surface area (Å²) in [7, 11) is -1.77. The van der Waals surface area contributed by atoms with Crippen LogP contribution in [0.1, 0.15) is 66.2 Å². The quantitative estimate of drug-likeness (QED) is 0.197. The number of ether oxygens (including phenoxy) is 1. The molecule has 0 aliphatic heterocycles. The summed E-state index contributed by atoms with van der Waals surface area (Å²) < 4.78 is 11.4. The Balaban J connectivity index is 4.61. The molecular formula is C17H34O3Si. The van der Waals surface area contributed by atoms with Crippen molar-refractivity contribution < 1.29 is 14.0 Å². The van der Waals surface area contributed by atoms with Crippen LogP contribution in [0.3, 0.4) is 0 Å². The van der Waals surface area contributed by atoms with Crippen LogP contribution in [0.4, 0.5) is 0 Å². The molecule has 124 valence electrons. The second-order valence-corrected chi connectivity index (χ2v) is 10.1. The fourth-order valence-electron chi connectivity index (χ4n) is 2.42. The molecule has 0 rings (SSSR count). The second kappa shape index (κ2) is 12.0. The number of carbonyl (C=O) groups excluding carboxylic acids is 1. The predicted octanol–water partition coefficient (Wildman–Crippen LogP) is 5.43. The highest BCUT2D eigenvalue weighted by Gasteiger charge is 2.33. The lowest BCUT2D eigenvalue weighted by atomic mass is 10.4. The summed E-state index contributed by atoms with van der Waals surface area (Å²) in [5.74, 6) is -0.348. The van der Waals surface area contributed by atoms with Crippen LogP contribution in [0, 0.1) is 0 Å². The van der Waals surface area contributed by atoms with Crippen molar-refractivity contribution in [2.24, 2.45) is 0 Å². The maximum Gasteiger partial charge on any atom is 0.335 e. The lowest BCUT2D eigenvalue weighted by molar-refractivity contribution is -0.145. The van der Waals surface area contributed by atoms with Crippen LogP contribution in [0.5, 0.6) is 0 Å². The van der Waals surface area contributed by atoms with Gasteiger partial charge in [0.25, 0.3) is 0 Å². The van der Waals surface area contributed by atoms with Crippen molar-refractivity contribution in [1.29, 1.82) is 0 Å². The zero-order chi connectivity index (χ0) is 16.1. The average Bonchev–Trinajstić information content (AvgIpc) is 2.48. The Kier molecular flexibility index (Phi) is 11.6. The highest BCUT2D eigenvalue weighted by atomic mass is 28.4. The summed E-state index contributed by atoms with van der Waals surface area (Å²) in [6.07, 6.45) is 7.24. The van der Waals surface area contributed by atoms with Gasteiger partial charge in [-0.15, -0.1) is 0 Å². The van der Waals surface area contributed by atoms with Crippen LogP contribution >= 0.6 is 0 Å². The van der Waals surface area contributed by atoms with Crippen LogP contribution in [-0.4, -0.2) is 21.1 Å². The highest BCUT2D eigenvalue weighted by Crippen LogP contribution is 2.29. The monoisotopic (exact) mass is 314 g/mol. The minimum absolute atomic E-state index is 0.106. The fraction of sp³-hybridized carbons (Fsp3) is 0.824. The Bertz CT molecular complexity index is 281. The smallest absolute Gasteiger partial charge is 0.335 e. The first-order valence-electron chi connectivity index (χ1n) is 8.48. The summed E-state index contributed by atoms with van der Waals surface area (Å²) in [5.41, 5.74) is 0.432. The van der Waals surface area contributed by atoms with Crippen LogP contribution in [-0.2, 0) is 14.0 Å². The Morgan fingerprint density at radius 1 is 0.952 bits per heavy atom. The van der Waals surface area contributed by atoms with E-state index in [1.165, 1.54) is 56.7 Å². The Labute approximate surface area is 132 Å². The van der Waals surface area contributed by atoms with Gasteiger partial charge in [0.15, 0.2) is 15.1 Å². The number of hydrogen-bond donors (Lipinski definition) is 0. The third-order valence-electron chi connectivity index (χ3n) is 3.86. The van der Waals surface area contributed by atoms with Gasteiger partial charge < -0.3 is 9.16 Å². The summed E-state index contributed by atoms with van der Waals surface area (Å²) >= 11 is 0. The zero-order valence-electron chi connectivity index (χ0n) is 14.5. The molecule has 0 bridgehead atoms. The van der Waals surface area contributed by atoms with E-state index in [1.807, 2.05) is 0 Å². The van der Waals surface area contributed by atoms with E-state index in [4.69, 9.17) is 9.16 Å². The maximum absolute atomic E-state index is 11.5. The lowest BCUT2D eigenvalue weighted by Crippen LogP contribution is -2.39. The molecule has 0 fully saturated rings. The SMILES string of the molecule is C=C(C)C(=O)OCO[Si](CCCC)(CCCC)CCCC. The average molecular weight is 315 g/mol. The van der Waals surface area contributed by atoms with Gasteiger partial charge in [-0.1, -0.05) is 65.9 Å². The van der Waals surface area contributed by atoms with Crippen molar-refractivity contribution in [3.8, 4) is 0 Å². The first kappa shape index (κ1) is 20.4. The molecule has 0 aliphatic rings. The van der Waals surface area contributed by atoms with Gasteiger partial charge in [0.1, 0.15) is 0 Å². The molecule has 21 heavy (non-hydrogen) atoms. The largest absolute Gasteiger partial charge is 0.436 e. The second-order valence-electron chi connectivity index (χ2n) is 5.97. The number of unbranched alkanes of at least 4 members (excludes halogenated alkanes) is 3. The van der Waals surface area contributed by atoms with E-state index in [1.54, 1.807) is 6.92 Å². The van der Waals surface area contributed by atoms with Crippen LogP contribution in [0.25, 0.3) is 0 Å². The van der Waals surface area contributed by atoms with Gasteiger partial charge in [-0.3, -0.25) is 0 Å². The van der Waals surface area contributed by atoms with Gasteiger partial charge >= 0.3 is 5.97 Å². The molecule has 0 aromatic carbocycles. The minimum atomic E-state index is -1.77. The lowest BCUT2D eigenvalue weighted by Gasteiger charge is -2.31. The molecular weight excluding hydrogens is 280 g/mol. The molecule has 0 atom stereocenters. The zero-order valence-corrected chi connectivity index (χ0v) is 15.5. The fourth-order valence-corrected chi connectivity index (χ4v) is 6.91. The first-order chi connectivity index (χ1) is 10.0. The number of hydrogen-bond acceptors (Lipinski definition) is 3. The van der Waals surface area contributed by atoms with Gasteiger partial charge in [-0.25, -0.2) is 4.79 Å². The van der Waals surface area contributed by atoms with Crippen molar-refractivity contribution in [3.05, 3.63) is 12.2 Å². The molecule has 0 spiro atoms. The molecule has 0 amide bonds. The minimum Gasteiger partial charge on any atom is -0.436 e. The van der Waals surface area contributed by atoms with Crippen LogP contribution in [0.2, 0.25) is 18.1 Å². The summed E-state index contributed by atoms with van der Waals surface area (Å²) in [4.78, 5) is 11.5. The Hall–Kier alpha value is -0.613. The van der Waals surface area contributed by atoms with Gasteiger partial charge in [0, 0.05) is 5.57 Å². The van der Waals surface area contributed by atoms with Gasteiger partial charge in [-0.2, -0.15) is 0 Å². The summed E-state index contributed by atoms with van der Waals surface area (Å²) in [6.45, 7) is 12.0. The normalized spacial score (nSPS) is 11.4. The molecule has 0 aromatic rings. The summed E-state index contributed by atoms with van der Waals surface area (Å²) in [5, 5.41) is 0. The molecule has 0 aliphatic carbocycles. The number of rotatable bonds is 13. The van der Waals surface area contributed by atoms with E-state index in [0.717, 1.165) is 0 Å². The van der Waals surface area contributed by atoms with Crippen molar-refractivity contribution in [1.82, 2.24) is 0 Å². The van der Waals surface area contributed by atoms with Crippen LogP contribution in [0.15, 0.2) is 12.2 Å². The molecule has 0 radical (unpaired) electrons.